The molecule has 0 aromatic carbocycles. The van der Waals surface area contributed by atoms with Gasteiger partial charge in [-0.25, -0.2) is 0 Å². The van der Waals surface area contributed by atoms with Crippen molar-refractivity contribution in [1.82, 2.24) is 10.3 Å². The molecule has 1 saturated carbocycles. The Morgan fingerprint density at radius 1 is 1.35 bits per heavy atom. The Kier molecular flexibility index (Phi) is 4.69. The summed E-state index contributed by atoms with van der Waals surface area (Å²) in [6.07, 6.45) is 7.78. The minimum atomic E-state index is -0.107. The van der Waals surface area contributed by atoms with Crippen molar-refractivity contribution in [2.45, 2.75) is 52.5 Å². The van der Waals surface area contributed by atoms with Gasteiger partial charge in [0.2, 0.25) is 0 Å². The minimum absolute atomic E-state index is 0.107. The first-order chi connectivity index (χ1) is 9.39. The van der Waals surface area contributed by atoms with Crippen LogP contribution >= 0.6 is 11.6 Å². The summed E-state index contributed by atoms with van der Waals surface area (Å²) in [7, 11) is 0. The number of aromatic nitrogens is 1. The van der Waals surface area contributed by atoms with Crippen molar-refractivity contribution in [2.24, 2.45) is 11.3 Å². The van der Waals surface area contributed by atoms with Crippen molar-refractivity contribution in [3.05, 3.63) is 29.0 Å². The molecule has 0 spiro atoms. The fourth-order valence-electron chi connectivity index (χ4n) is 3.13. The molecule has 1 aliphatic carbocycles. The number of carbonyl (C=O) groups is 1. The van der Waals surface area contributed by atoms with Gasteiger partial charge in [0, 0.05) is 18.4 Å². The van der Waals surface area contributed by atoms with Gasteiger partial charge in [-0.2, -0.15) is 0 Å². The zero-order valence-electron chi connectivity index (χ0n) is 12.4. The quantitative estimate of drug-likeness (QED) is 0.893. The van der Waals surface area contributed by atoms with Crippen molar-refractivity contribution >= 4 is 17.5 Å². The monoisotopic (exact) mass is 294 g/mol. The van der Waals surface area contributed by atoms with Gasteiger partial charge in [0.25, 0.3) is 5.91 Å². The van der Waals surface area contributed by atoms with Gasteiger partial charge in [-0.15, -0.1) is 0 Å². The molecule has 1 amide bonds. The van der Waals surface area contributed by atoms with E-state index in [1.807, 2.05) is 0 Å². The molecular formula is C16H23ClN2O. The molecule has 1 aliphatic rings. The Balaban J connectivity index is 2.11. The summed E-state index contributed by atoms with van der Waals surface area (Å²) in [6, 6.07) is 1.88. The smallest absolute Gasteiger partial charge is 0.254 e. The van der Waals surface area contributed by atoms with Gasteiger partial charge in [-0.05, 0) is 30.2 Å². The summed E-state index contributed by atoms with van der Waals surface area (Å²) >= 11 is 6.06. The normalized spacial score (nSPS) is 23.4. The molecule has 20 heavy (non-hydrogen) atoms. The lowest BCUT2D eigenvalue weighted by Crippen LogP contribution is -2.46. The number of carbonyl (C=O) groups excluding carboxylic acids is 1. The highest BCUT2D eigenvalue weighted by Gasteiger charge is 2.35. The lowest BCUT2D eigenvalue weighted by atomic mass is 9.69. The van der Waals surface area contributed by atoms with Crippen LogP contribution < -0.4 is 5.32 Å². The van der Waals surface area contributed by atoms with Crippen molar-refractivity contribution in [1.29, 1.82) is 0 Å². The second-order valence-corrected chi connectivity index (χ2v) is 7.10. The van der Waals surface area contributed by atoms with Crippen LogP contribution in [0, 0.1) is 11.3 Å². The summed E-state index contributed by atoms with van der Waals surface area (Å²) in [5.74, 6) is 0.403. The first-order valence-electron chi connectivity index (χ1n) is 7.30. The molecule has 0 bridgehead atoms. The zero-order valence-corrected chi connectivity index (χ0v) is 13.2. The van der Waals surface area contributed by atoms with Crippen LogP contribution in [0.25, 0.3) is 0 Å². The molecule has 1 aromatic heterocycles. The van der Waals surface area contributed by atoms with E-state index in [1.165, 1.54) is 25.5 Å². The van der Waals surface area contributed by atoms with Gasteiger partial charge in [-0.1, -0.05) is 45.2 Å². The molecule has 1 N–H and O–H groups in total. The number of nitrogens with zero attached hydrogens (tertiary/aromatic N) is 1. The third kappa shape index (κ3) is 3.51. The molecule has 3 nitrogen and oxygen atoms in total. The summed E-state index contributed by atoms with van der Waals surface area (Å²) < 4.78 is 0. The molecule has 0 aliphatic heterocycles. The fourth-order valence-corrected chi connectivity index (χ4v) is 3.32. The Labute approximate surface area is 126 Å². The van der Waals surface area contributed by atoms with E-state index in [2.05, 4.69) is 31.1 Å². The highest BCUT2D eigenvalue weighted by atomic mass is 35.5. The molecule has 2 unspecified atom stereocenters. The number of hydrogen-bond donors (Lipinski definition) is 1. The number of rotatable bonds is 2. The maximum Gasteiger partial charge on any atom is 0.254 e. The maximum absolute atomic E-state index is 12.4. The van der Waals surface area contributed by atoms with Gasteiger partial charge < -0.3 is 5.32 Å². The summed E-state index contributed by atoms with van der Waals surface area (Å²) in [5.41, 5.74) is 0.671. The van der Waals surface area contributed by atoms with Gasteiger partial charge >= 0.3 is 0 Å². The van der Waals surface area contributed by atoms with E-state index in [1.54, 1.807) is 12.3 Å². The lowest BCUT2D eigenvalue weighted by Gasteiger charge is -2.40. The highest BCUT2D eigenvalue weighted by Crippen LogP contribution is 2.38. The molecule has 0 radical (unpaired) electrons. The Morgan fingerprint density at radius 3 is 2.70 bits per heavy atom. The van der Waals surface area contributed by atoms with Crippen LogP contribution in [0.4, 0.5) is 0 Å². The SMILES string of the molecule is CC(C)(C)C1CCCCC1NC(=O)c1cnccc1Cl. The molecule has 1 heterocycles. The second-order valence-electron chi connectivity index (χ2n) is 6.69. The highest BCUT2D eigenvalue weighted by molar-refractivity contribution is 6.33. The van der Waals surface area contributed by atoms with Gasteiger partial charge in [-0.3, -0.25) is 9.78 Å². The predicted octanol–water partition coefficient (Wildman–Crippen LogP) is 4.07. The van der Waals surface area contributed by atoms with Gasteiger partial charge in [0.1, 0.15) is 0 Å². The standard InChI is InChI=1S/C16H23ClN2O/c1-16(2,3)12-6-4-5-7-14(12)19-15(20)11-10-18-9-8-13(11)17/h8-10,12,14H,4-7H2,1-3H3,(H,19,20). The zero-order chi connectivity index (χ0) is 14.8. The summed E-state index contributed by atoms with van der Waals surface area (Å²) in [5, 5.41) is 3.63. The van der Waals surface area contributed by atoms with Crippen molar-refractivity contribution in [3.8, 4) is 0 Å². The van der Waals surface area contributed by atoms with Gasteiger partial charge in [0.15, 0.2) is 0 Å². The summed E-state index contributed by atoms with van der Waals surface area (Å²) in [4.78, 5) is 16.4. The van der Waals surface area contributed by atoms with E-state index in [0.29, 0.717) is 16.5 Å². The fraction of sp³-hybridized carbons (Fsp3) is 0.625. The van der Waals surface area contributed by atoms with E-state index in [-0.39, 0.29) is 17.4 Å². The van der Waals surface area contributed by atoms with Crippen LogP contribution in [0.15, 0.2) is 18.5 Å². The minimum Gasteiger partial charge on any atom is -0.349 e. The molecule has 0 saturated heterocycles. The molecule has 4 heteroatoms. The van der Waals surface area contributed by atoms with Crippen LogP contribution in [0.2, 0.25) is 5.02 Å². The van der Waals surface area contributed by atoms with E-state index in [4.69, 9.17) is 11.6 Å². The Hall–Kier alpha value is -1.09. The second kappa shape index (κ2) is 6.13. The largest absolute Gasteiger partial charge is 0.349 e. The van der Waals surface area contributed by atoms with E-state index >= 15 is 0 Å². The molecule has 1 fully saturated rings. The molecule has 110 valence electrons. The maximum atomic E-state index is 12.4. The van der Waals surface area contributed by atoms with Crippen LogP contribution in [0.1, 0.15) is 56.8 Å². The number of hydrogen-bond acceptors (Lipinski definition) is 2. The third-order valence-electron chi connectivity index (χ3n) is 4.21. The molecule has 2 atom stereocenters. The van der Waals surface area contributed by atoms with Crippen molar-refractivity contribution < 1.29 is 4.79 Å². The van der Waals surface area contributed by atoms with Crippen LogP contribution in [-0.4, -0.2) is 16.9 Å². The number of pyridine rings is 1. The Bertz CT molecular complexity index is 482. The van der Waals surface area contributed by atoms with Crippen molar-refractivity contribution in [2.75, 3.05) is 0 Å². The summed E-state index contributed by atoms with van der Waals surface area (Å²) in [6.45, 7) is 6.75. The average molecular weight is 295 g/mol. The lowest BCUT2D eigenvalue weighted by molar-refractivity contribution is 0.0830. The number of halogens is 1. The van der Waals surface area contributed by atoms with Gasteiger partial charge in [0.05, 0.1) is 10.6 Å². The van der Waals surface area contributed by atoms with Crippen molar-refractivity contribution in [3.63, 3.8) is 0 Å². The first-order valence-corrected chi connectivity index (χ1v) is 7.68. The van der Waals surface area contributed by atoms with E-state index in [0.717, 1.165) is 6.42 Å². The van der Waals surface area contributed by atoms with Crippen LogP contribution in [-0.2, 0) is 0 Å². The average Bonchev–Trinajstić information content (AvgIpc) is 2.38. The van der Waals surface area contributed by atoms with Crippen LogP contribution in [0.5, 0.6) is 0 Å². The topological polar surface area (TPSA) is 42.0 Å². The molecule has 1 aromatic rings. The third-order valence-corrected chi connectivity index (χ3v) is 4.54. The molecular weight excluding hydrogens is 272 g/mol. The molecule has 2 rings (SSSR count). The Morgan fingerprint density at radius 2 is 2.05 bits per heavy atom. The predicted molar refractivity (Wildman–Crippen MR) is 81.9 cm³/mol. The first kappa shape index (κ1) is 15.3. The van der Waals surface area contributed by atoms with E-state index < -0.39 is 0 Å². The number of nitrogens with one attached hydrogen (secondary N) is 1. The number of amides is 1. The van der Waals surface area contributed by atoms with Crippen LogP contribution in [0.3, 0.4) is 0 Å². The van der Waals surface area contributed by atoms with E-state index in [9.17, 15) is 4.79 Å².